The van der Waals surface area contributed by atoms with Gasteiger partial charge in [0.1, 0.15) is 0 Å². The lowest BCUT2D eigenvalue weighted by atomic mass is 10.1. The van der Waals surface area contributed by atoms with Crippen molar-refractivity contribution in [2.24, 2.45) is 0 Å². The van der Waals surface area contributed by atoms with Gasteiger partial charge in [-0.05, 0) is 55.2 Å². The average Bonchev–Trinajstić information content (AvgIpc) is 3.02. The summed E-state index contributed by atoms with van der Waals surface area (Å²) in [5.74, 6) is 0.00785. The Morgan fingerprint density at radius 2 is 1.92 bits per heavy atom. The van der Waals surface area contributed by atoms with Crippen LogP contribution in [0.25, 0.3) is 0 Å². The third kappa shape index (κ3) is 4.19. The van der Waals surface area contributed by atoms with Crippen molar-refractivity contribution in [2.75, 3.05) is 16.8 Å². The SMILES string of the molecule is Cc1ccc(NC(=O)CCc2c(Cl)cccc2Cl)cc1N1CCCC1=O. The largest absolute Gasteiger partial charge is 0.326 e. The fraction of sp³-hybridized carbons (Fsp3) is 0.300. The van der Waals surface area contributed by atoms with E-state index in [2.05, 4.69) is 5.32 Å². The molecule has 1 saturated heterocycles. The van der Waals surface area contributed by atoms with Crippen LogP contribution in [-0.4, -0.2) is 18.4 Å². The van der Waals surface area contributed by atoms with Crippen LogP contribution in [0.4, 0.5) is 11.4 Å². The molecule has 0 atom stereocenters. The third-order valence-electron chi connectivity index (χ3n) is 4.52. The molecule has 1 N–H and O–H groups in total. The third-order valence-corrected chi connectivity index (χ3v) is 5.23. The molecule has 0 radical (unpaired) electrons. The van der Waals surface area contributed by atoms with Gasteiger partial charge >= 0.3 is 0 Å². The van der Waals surface area contributed by atoms with Crippen molar-refractivity contribution in [1.29, 1.82) is 0 Å². The Hall–Kier alpha value is -2.04. The van der Waals surface area contributed by atoms with E-state index < -0.39 is 0 Å². The highest BCUT2D eigenvalue weighted by atomic mass is 35.5. The predicted octanol–water partition coefficient (Wildman–Crippen LogP) is 5.00. The average molecular weight is 391 g/mol. The second-order valence-electron chi connectivity index (χ2n) is 6.40. The standard InChI is InChI=1S/C20H20Cl2N2O2/c1-13-7-8-14(12-18(13)24-11-3-6-20(24)26)23-19(25)10-9-15-16(21)4-2-5-17(15)22/h2,4-5,7-8,12H,3,6,9-11H2,1H3,(H,23,25). The lowest BCUT2D eigenvalue weighted by molar-refractivity contribution is -0.117. The molecule has 0 aliphatic carbocycles. The smallest absolute Gasteiger partial charge is 0.227 e. The monoisotopic (exact) mass is 390 g/mol. The summed E-state index contributed by atoms with van der Waals surface area (Å²) in [7, 11) is 0. The minimum absolute atomic E-state index is 0.122. The summed E-state index contributed by atoms with van der Waals surface area (Å²) in [6, 6.07) is 10.9. The van der Waals surface area contributed by atoms with E-state index in [1.807, 2.05) is 25.1 Å². The van der Waals surface area contributed by atoms with Gasteiger partial charge in [-0.3, -0.25) is 9.59 Å². The zero-order chi connectivity index (χ0) is 18.7. The molecule has 1 aliphatic rings. The predicted molar refractivity (Wildman–Crippen MR) is 106 cm³/mol. The first-order valence-corrected chi connectivity index (χ1v) is 9.35. The van der Waals surface area contributed by atoms with E-state index in [0.29, 0.717) is 28.6 Å². The number of rotatable bonds is 5. The number of hydrogen-bond donors (Lipinski definition) is 1. The number of carbonyl (C=O) groups is 2. The minimum atomic E-state index is -0.122. The molecule has 1 heterocycles. The van der Waals surface area contributed by atoms with Gasteiger partial charge in [-0.2, -0.15) is 0 Å². The molecule has 2 aromatic carbocycles. The summed E-state index contributed by atoms with van der Waals surface area (Å²) in [5.41, 5.74) is 3.33. The molecular formula is C20H20Cl2N2O2. The van der Waals surface area contributed by atoms with Gasteiger partial charge in [-0.25, -0.2) is 0 Å². The molecule has 2 aromatic rings. The van der Waals surface area contributed by atoms with E-state index in [1.165, 1.54) is 0 Å². The molecule has 1 fully saturated rings. The minimum Gasteiger partial charge on any atom is -0.326 e. The number of hydrogen-bond acceptors (Lipinski definition) is 2. The normalized spacial score (nSPS) is 14.0. The van der Waals surface area contributed by atoms with E-state index in [1.54, 1.807) is 23.1 Å². The van der Waals surface area contributed by atoms with Gasteiger partial charge in [0.15, 0.2) is 0 Å². The fourth-order valence-electron chi connectivity index (χ4n) is 3.11. The Morgan fingerprint density at radius 3 is 2.58 bits per heavy atom. The maximum absolute atomic E-state index is 12.3. The summed E-state index contributed by atoms with van der Waals surface area (Å²) in [5, 5.41) is 4.02. The van der Waals surface area contributed by atoms with Gasteiger partial charge in [0.25, 0.3) is 0 Å². The Balaban J connectivity index is 1.67. The second kappa shape index (κ2) is 8.11. The molecule has 0 aromatic heterocycles. The Morgan fingerprint density at radius 1 is 1.19 bits per heavy atom. The molecule has 26 heavy (non-hydrogen) atoms. The van der Waals surface area contributed by atoms with Crippen molar-refractivity contribution in [1.82, 2.24) is 0 Å². The molecule has 0 spiro atoms. The van der Waals surface area contributed by atoms with Crippen LogP contribution < -0.4 is 10.2 Å². The summed E-state index contributed by atoms with van der Waals surface area (Å²) >= 11 is 12.3. The van der Waals surface area contributed by atoms with Gasteiger partial charge < -0.3 is 10.2 Å². The zero-order valence-corrected chi connectivity index (χ0v) is 16.0. The van der Waals surface area contributed by atoms with E-state index >= 15 is 0 Å². The summed E-state index contributed by atoms with van der Waals surface area (Å²) < 4.78 is 0. The first-order valence-electron chi connectivity index (χ1n) is 8.59. The number of nitrogens with zero attached hydrogens (tertiary/aromatic N) is 1. The summed E-state index contributed by atoms with van der Waals surface area (Å²) in [6.07, 6.45) is 2.19. The topological polar surface area (TPSA) is 49.4 Å². The van der Waals surface area contributed by atoms with Gasteiger partial charge in [-0.1, -0.05) is 35.3 Å². The van der Waals surface area contributed by atoms with Crippen LogP contribution in [0.5, 0.6) is 0 Å². The number of nitrogens with one attached hydrogen (secondary N) is 1. The second-order valence-corrected chi connectivity index (χ2v) is 7.21. The van der Waals surface area contributed by atoms with E-state index in [-0.39, 0.29) is 18.2 Å². The maximum Gasteiger partial charge on any atom is 0.227 e. The number of halogens is 2. The highest BCUT2D eigenvalue weighted by molar-refractivity contribution is 6.36. The lowest BCUT2D eigenvalue weighted by Gasteiger charge is -2.19. The number of amides is 2. The van der Waals surface area contributed by atoms with Crippen LogP contribution in [0.15, 0.2) is 36.4 Å². The first kappa shape index (κ1) is 18.7. The van der Waals surface area contributed by atoms with Gasteiger partial charge in [-0.15, -0.1) is 0 Å². The highest BCUT2D eigenvalue weighted by Crippen LogP contribution is 2.29. The quantitative estimate of drug-likeness (QED) is 0.780. The molecule has 0 bridgehead atoms. The molecule has 1 aliphatic heterocycles. The molecule has 4 nitrogen and oxygen atoms in total. The Kier molecular flexibility index (Phi) is 5.84. The molecule has 6 heteroatoms. The highest BCUT2D eigenvalue weighted by Gasteiger charge is 2.23. The number of aryl methyl sites for hydroxylation is 1. The van der Waals surface area contributed by atoms with Crippen molar-refractivity contribution in [3.05, 3.63) is 57.6 Å². The number of anilines is 2. The molecule has 0 unspecified atom stereocenters. The molecular weight excluding hydrogens is 371 g/mol. The van der Waals surface area contributed by atoms with E-state index in [0.717, 1.165) is 29.8 Å². The van der Waals surface area contributed by atoms with E-state index in [4.69, 9.17) is 23.2 Å². The zero-order valence-electron chi connectivity index (χ0n) is 14.5. The van der Waals surface area contributed by atoms with Crippen LogP contribution >= 0.6 is 23.2 Å². The van der Waals surface area contributed by atoms with Crippen molar-refractivity contribution in [3.8, 4) is 0 Å². The van der Waals surface area contributed by atoms with Gasteiger partial charge in [0, 0.05) is 40.8 Å². The number of carbonyl (C=O) groups excluding carboxylic acids is 2. The van der Waals surface area contributed by atoms with Crippen molar-refractivity contribution < 1.29 is 9.59 Å². The molecule has 2 amide bonds. The van der Waals surface area contributed by atoms with Crippen molar-refractivity contribution in [3.63, 3.8) is 0 Å². The fourth-order valence-corrected chi connectivity index (χ4v) is 3.70. The Labute approximate surface area is 163 Å². The van der Waals surface area contributed by atoms with Gasteiger partial charge in [0.05, 0.1) is 0 Å². The summed E-state index contributed by atoms with van der Waals surface area (Å²) in [6.45, 7) is 2.69. The number of benzene rings is 2. The lowest BCUT2D eigenvalue weighted by Crippen LogP contribution is -2.24. The van der Waals surface area contributed by atoms with Crippen LogP contribution in [0.3, 0.4) is 0 Å². The van der Waals surface area contributed by atoms with Crippen LogP contribution in [0.2, 0.25) is 10.0 Å². The van der Waals surface area contributed by atoms with Crippen LogP contribution in [0, 0.1) is 6.92 Å². The van der Waals surface area contributed by atoms with Gasteiger partial charge in [0.2, 0.25) is 11.8 Å². The molecule has 136 valence electrons. The van der Waals surface area contributed by atoms with E-state index in [9.17, 15) is 9.59 Å². The van der Waals surface area contributed by atoms with Crippen LogP contribution in [0.1, 0.15) is 30.4 Å². The summed E-state index contributed by atoms with van der Waals surface area (Å²) in [4.78, 5) is 26.1. The van der Waals surface area contributed by atoms with Crippen molar-refractivity contribution in [2.45, 2.75) is 32.6 Å². The first-order chi connectivity index (χ1) is 12.5. The van der Waals surface area contributed by atoms with Crippen molar-refractivity contribution >= 4 is 46.4 Å². The van der Waals surface area contributed by atoms with Crippen LogP contribution in [-0.2, 0) is 16.0 Å². The molecule has 0 saturated carbocycles. The maximum atomic E-state index is 12.3. The Bertz CT molecular complexity index is 831. The molecule has 3 rings (SSSR count).